The lowest BCUT2D eigenvalue weighted by atomic mass is 9.94. The summed E-state index contributed by atoms with van der Waals surface area (Å²) in [7, 11) is 0. The van der Waals surface area contributed by atoms with Gasteiger partial charge < -0.3 is 30.3 Å². The molecule has 1 aromatic heterocycles. The third-order valence-corrected chi connectivity index (χ3v) is 8.46. The Balaban J connectivity index is 1.29. The molecule has 0 unspecified atom stereocenters. The molecule has 1 aliphatic rings. The van der Waals surface area contributed by atoms with Gasteiger partial charge in [0.2, 0.25) is 5.91 Å². The SMILES string of the molecule is O=C(O)N(CCC(=O)N(CCNCCc1ccc(O)c2[nH]c(=O)sc12)C1CCCCC1)CCc1cccc(F)c1. The fourth-order valence-electron chi connectivity index (χ4n) is 5.35. The van der Waals surface area contributed by atoms with Gasteiger partial charge in [-0.2, -0.15) is 0 Å². The van der Waals surface area contributed by atoms with Crippen molar-refractivity contribution in [1.29, 1.82) is 0 Å². The first-order valence-corrected chi connectivity index (χ1v) is 14.7. The lowest BCUT2D eigenvalue weighted by Gasteiger charge is -2.35. The summed E-state index contributed by atoms with van der Waals surface area (Å²) in [6, 6.07) is 9.67. The molecule has 2 aromatic carbocycles. The number of aromatic nitrogens is 1. The van der Waals surface area contributed by atoms with Crippen molar-refractivity contribution in [2.75, 3.05) is 32.7 Å². The summed E-state index contributed by atoms with van der Waals surface area (Å²) < 4.78 is 14.2. The fourth-order valence-corrected chi connectivity index (χ4v) is 6.25. The van der Waals surface area contributed by atoms with Crippen LogP contribution in [0.5, 0.6) is 5.75 Å². The molecule has 1 saturated carbocycles. The molecular weight excluding hydrogens is 535 g/mol. The molecule has 4 N–H and O–H groups in total. The van der Waals surface area contributed by atoms with E-state index >= 15 is 0 Å². The molecule has 0 bridgehead atoms. The number of phenols is 1. The van der Waals surface area contributed by atoms with E-state index in [-0.39, 0.29) is 47.9 Å². The second kappa shape index (κ2) is 14.3. The Kier molecular flexibility index (Phi) is 10.5. The maximum Gasteiger partial charge on any atom is 0.407 e. The van der Waals surface area contributed by atoms with E-state index in [4.69, 9.17) is 0 Å². The smallest absolute Gasteiger partial charge is 0.407 e. The fraction of sp³-hybridized carbons (Fsp3) is 0.483. The molecule has 0 aliphatic heterocycles. The van der Waals surface area contributed by atoms with Crippen LogP contribution in [-0.4, -0.2) is 75.8 Å². The molecule has 1 heterocycles. The summed E-state index contributed by atoms with van der Waals surface area (Å²) in [4.78, 5) is 42.5. The Morgan fingerprint density at radius 1 is 1.05 bits per heavy atom. The van der Waals surface area contributed by atoms with Gasteiger partial charge in [-0.15, -0.1) is 0 Å². The van der Waals surface area contributed by atoms with Gasteiger partial charge in [0.15, 0.2) is 0 Å². The zero-order chi connectivity index (χ0) is 28.5. The molecule has 0 saturated heterocycles. The zero-order valence-electron chi connectivity index (χ0n) is 22.5. The van der Waals surface area contributed by atoms with Gasteiger partial charge in [-0.1, -0.05) is 48.8 Å². The summed E-state index contributed by atoms with van der Waals surface area (Å²) in [5.41, 5.74) is 2.15. The molecule has 216 valence electrons. The van der Waals surface area contributed by atoms with Crippen LogP contribution in [0.15, 0.2) is 41.2 Å². The lowest BCUT2D eigenvalue weighted by molar-refractivity contribution is -0.134. The maximum atomic E-state index is 13.5. The number of aromatic amines is 1. The standard InChI is InChI=1S/C29H37FN4O5S/c30-22-6-4-5-20(19-22)12-16-33(29(38)39)17-13-25(36)34(23-7-2-1-3-8-23)18-15-31-14-11-21-9-10-24(35)26-27(21)40-28(37)32-26/h4-6,9-10,19,23,31,35H,1-3,7-8,11-18H2,(H,32,37)(H,38,39). The van der Waals surface area contributed by atoms with E-state index < -0.39 is 6.09 Å². The predicted molar refractivity (Wildman–Crippen MR) is 154 cm³/mol. The number of aromatic hydroxyl groups is 1. The molecule has 11 heteroatoms. The molecular formula is C29H37FN4O5S. The Labute approximate surface area is 236 Å². The highest BCUT2D eigenvalue weighted by molar-refractivity contribution is 7.16. The van der Waals surface area contributed by atoms with Gasteiger partial charge in [-0.3, -0.25) is 9.59 Å². The summed E-state index contributed by atoms with van der Waals surface area (Å²) in [6.07, 6.45) is 5.27. The van der Waals surface area contributed by atoms with Crippen LogP contribution in [0.25, 0.3) is 10.2 Å². The number of carboxylic acid groups (broad SMARTS) is 1. The molecule has 4 rings (SSSR count). The maximum absolute atomic E-state index is 13.5. The number of hydrogen-bond donors (Lipinski definition) is 4. The van der Waals surface area contributed by atoms with Crippen molar-refractivity contribution in [1.82, 2.24) is 20.1 Å². The molecule has 2 amide bonds. The number of phenolic OH excluding ortho intramolecular Hbond substituents is 1. The first-order chi connectivity index (χ1) is 19.3. The highest BCUT2D eigenvalue weighted by atomic mass is 32.1. The summed E-state index contributed by atoms with van der Waals surface area (Å²) >= 11 is 1.08. The Bertz CT molecular complexity index is 1350. The van der Waals surface area contributed by atoms with Crippen molar-refractivity contribution < 1.29 is 24.2 Å². The number of H-pyrrole nitrogens is 1. The monoisotopic (exact) mass is 572 g/mol. The largest absolute Gasteiger partial charge is 0.506 e. The van der Waals surface area contributed by atoms with E-state index in [1.54, 1.807) is 18.2 Å². The average molecular weight is 573 g/mol. The Hall–Kier alpha value is -3.44. The summed E-state index contributed by atoms with van der Waals surface area (Å²) in [5.74, 6) is -0.352. The van der Waals surface area contributed by atoms with Gasteiger partial charge in [0, 0.05) is 38.6 Å². The zero-order valence-corrected chi connectivity index (χ0v) is 23.4. The van der Waals surface area contributed by atoms with Crippen LogP contribution in [0.4, 0.5) is 9.18 Å². The van der Waals surface area contributed by atoms with Gasteiger partial charge in [0.25, 0.3) is 0 Å². The van der Waals surface area contributed by atoms with Gasteiger partial charge in [0.1, 0.15) is 17.1 Å². The van der Waals surface area contributed by atoms with Crippen LogP contribution >= 0.6 is 11.3 Å². The number of benzene rings is 2. The number of fused-ring (bicyclic) bond motifs is 1. The van der Waals surface area contributed by atoms with E-state index in [2.05, 4.69) is 10.3 Å². The van der Waals surface area contributed by atoms with Crippen molar-refractivity contribution in [3.8, 4) is 5.75 Å². The van der Waals surface area contributed by atoms with Crippen LogP contribution in [0.1, 0.15) is 49.7 Å². The van der Waals surface area contributed by atoms with E-state index in [1.165, 1.54) is 17.0 Å². The van der Waals surface area contributed by atoms with Gasteiger partial charge in [-0.05, 0) is 61.6 Å². The quantitative estimate of drug-likeness (QED) is 0.226. The first kappa shape index (κ1) is 29.5. The first-order valence-electron chi connectivity index (χ1n) is 13.9. The van der Waals surface area contributed by atoms with Crippen molar-refractivity contribution in [3.05, 3.63) is 63.0 Å². The number of halogens is 1. The van der Waals surface area contributed by atoms with Crippen molar-refractivity contribution in [2.24, 2.45) is 0 Å². The number of amides is 2. The van der Waals surface area contributed by atoms with Crippen molar-refractivity contribution in [2.45, 2.75) is 57.4 Å². The van der Waals surface area contributed by atoms with E-state index in [1.807, 2.05) is 11.0 Å². The van der Waals surface area contributed by atoms with Crippen molar-refractivity contribution >= 4 is 33.6 Å². The van der Waals surface area contributed by atoms with E-state index in [9.17, 15) is 29.0 Å². The number of carbonyl (C=O) groups excluding carboxylic acids is 1. The minimum Gasteiger partial charge on any atom is -0.506 e. The molecule has 0 radical (unpaired) electrons. The van der Waals surface area contributed by atoms with E-state index in [0.717, 1.165) is 53.7 Å². The minimum absolute atomic E-state index is 0.0527. The van der Waals surface area contributed by atoms with E-state index in [0.29, 0.717) is 43.6 Å². The molecule has 1 aliphatic carbocycles. The number of hydrogen-bond acceptors (Lipinski definition) is 6. The average Bonchev–Trinajstić information content (AvgIpc) is 3.34. The van der Waals surface area contributed by atoms with Crippen molar-refractivity contribution in [3.63, 3.8) is 0 Å². The number of thiazole rings is 1. The Morgan fingerprint density at radius 3 is 2.60 bits per heavy atom. The van der Waals surface area contributed by atoms with Crippen LogP contribution in [0, 0.1) is 5.82 Å². The summed E-state index contributed by atoms with van der Waals surface area (Å²) in [5, 5.41) is 23.1. The second-order valence-corrected chi connectivity index (χ2v) is 11.2. The topological polar surface area (TPSA) is 126 Å². The molecule has 9 nitrogen and oxygen atoms in total. The molecule has 40 heavy (non-hydrogen) atoms. The third-order valence-electron chi connectivity index (χ3n) is 7.50. The molecule has 0 atom stereocenters. The molecule has 3 aromatic rings. The van der Waals surface area contributed by atoms with Crippen LogP contribution in [0.3, 0.4) is 0 Å². The lowest BCUT2D eigenvalue weighted by Crippen LogP contribution is -2.46. The minimum atomic E-state index is -1.09. The summed E-state index contributed by atoms with van der Waals surface area (Å²) in [6.45, 7) is 2.05. The third kappa shape index (κ3) is 8.04. The van der Waals surface area contributed by atoms with Gasteiger partial charge >= 0.3 is 11.0 Å². The highest BCUT2D eigenvalue weighted by Crippen LogP contribution is 2.28. The number of nitrogens with one attached hydrogen (secondary N) is 2. The molecule has 0 spiro atoms. The predicted octanol–water partition coefficient (Wildman–Crippen LogP) is 4.34. The van der Waals surface area contributed by atoms with Crippen LogP contribution in [-0.2, 0) is 17.6 Å². The number of nitrogens with zero attached hydrogens (tertiary/aromatic N) is 2. The molecule has 1 fully saturated rings. The normalized spacial score (nSPS) is 13.9. The van der Waals surface area contributed by atoms with Gasteiger partial charge in [-0.25, -0.2) is 9.18 Å². The number of carbonyl (C=O) groups is 2. The highest BCUT2D eigenvalue weighted by Gasteiger charge is 2.26. The van der Waals surface area contributed by atoms with Crippen LogP contribution in [0.2, 0.25) is 0 Å². The second-order valence-electron chi connectivity index (χ2n) is 10.2. The number of rotatable bonds is 13. The Morgan fingerprint density at radius 2 is 1.85 bits per heavy atom. The van der Waals surface area contributed by atoms with Crippen LogP contribution < -0.4 is 10.2 Å². The van der Waals surface area contributed by atoms with Gasteiger partial charge in [0.05, 0.1) is 4.70 Å².